The molecule has 0 radical (unpaired) electrons. The summed E-state index contributed by atoms with van der Waals surface area (Å²) in [5.41, 5.74) is 0.792. The number of nitrogens with zero attached hydrogens (tertiary/aromatic N) is 3. The van der Waals surface area contributed by atoms with E-state index in [0.717, 1.165) is 38.2 Å². The van der Waals surface area contributed by atoms with Gasteiger partial charge in [0.1, 0.15) is 4.47 Å². The minimum atomic E-state index is -0.100. The van der Waals surface area contributed by atoms with Crippen LogP contribution in [0.25, 0.3) is 0 Å². The van der Waals surface area contributed by atoms with Gasteiger partial charge in [-0.2, -0.15) is 5.10 Å². The van der Waals surface area contributed by atoms with Crippen LogP contribution in [-0.2, 0) is 11.3 Å². The van der Waals surface area contributed by atoms with Gasteiger partial charge >= 0.3 is 0 Å². The summed E-state index contributed by atoms with van der Waals surface area (Å²) in [6.07, 6.45) is 3.92. The lowest BCUT2D eigenvalue weighted by molar-refractivity contribution is 0.181. The zero-order valence-corrected chi connectivity index (χ0v) is 14.2. The van der Waals surface area contributed by atoms with Crippen LogP contribution in [-0.4, -0.2) is 49.2 Å². The molecule has 21 heavy (non-hydrogen) atoms. The van der Waals surface area contributed by atoms with Crippen molar-refractivity contribution in [3.05, 3.63) is 21.0 Å². The molecule has 1 unspecified atom stereocenters. The lowest BCUT2D eigenvalue weighted by Crippen LogP contribution is -2.39. The van der Waals surface area contributed by atoms with Crippen LogP contribution in [0, 0.1) is 0 Å². The van der Waals surface area contributed by atoms with Crippen LogP contribution in [0.5, 0.6) is 0 Å². The molecule has 2 rings (SSSR count). The first kappa shape index (κ1) is 16.5. The summed E-state index contributed by atoms with van der Waals surface area (Å²) in [6, 6.07) is 0.428. The molecule has 1 aliphatic rings. The molecule has 1 aliphatic heterocycles. The highest BCUT2D eigenvalue weighted by Gasteiger charge is 2.25. The number of hydrogen-bond acceptors (Lipinski definition) is 5. The maximum atomic E-state index is 12.4. The Labute approximate surface area is 133 Å². The topological polar surface area (TPSA) is 59.4 Å². The maximum Gasteiger partial charge on any atom is 0.283 e. The van der Waals surface area contributed by atoms with Crippen molar-refractivity contribution in [2.75, 3.05) is 38.3 Å². The van der Waals surface area contributed by atoms with Crippen LogP contribution < -0.4 is 15.8 Å². The zero-order valence-electron chi connectivity index (χ0n) is 12.6. The van der Waals surface area contributed by atoms with Gasteiger partial charge < -0.3 is 15.0 Å². The van der Waals surface area contributed by atoms with Crippen molar-refractivity contribution in [3.8, 4) is 0 Å². The van der Waals surface area contributed by atoms with Gasteiger partial charge in [0, 0.05) is 26.2 Å². The Bertz CT molecular complexity index is 514. The number of halogens is 1. The smallest absolute Gasteiger partial charge is 0.283 e. The van der Waals surface area contributed by atoms with Crippen LogP contribution in [0.3, 0.4) is 0 Å². The molecule has 1 aromatic heterocycles. The summed E-state index contributed by atoms with van der Waals surface area (Å²) in [5, 5.41) is 7.66. The average molecular weight is 359 g/mol. The van der Waals surface area contributed by atoms with Gasteiger partial charge in [0.2, 0.25) is 0 Å². The number of aromatic nitrogens is 2. The standard InChI is InChI=1S/C14H23BrN4O2/c1-3-6-18(11-4-5-16-9-11)12-10-17-19(7-8-21-2)14(20)13(12)15/h10-11,16H,3-9H2,1-2H3. The summed E-state index contributed by atoms with van der Waals surface area (Å²) in [7, 11) is 1.62. The van der Waals surface area contributed by atoms with Crippen molar-refractivity contribution in [2.24, 2.45) is 0 Å². The molecule has 2 heterocycles. The van der Waals surface area contributed by atoms with E-state index in [2.05, 4.69) is 38.2 Å². The molecule has 0 saturated carbocycles. The van der Waals surface area contributed by atoms with Gasteiger partial charge in [-0.25, -0.2) is 4.68 Å². The van der Waals surface area contributed by atoms with Gasteiger partial charge in [0.15, 0.2) is 0 Å². The minimum absolute atomic E-state index is 0.100. The third-order valence-corrected chi connectivity index (χ3v) is 4.47. The number of anilines is 1. The molecule has 118 valence electrons. The van der Waals surface area contributed by atoms with E-state index in [9.17, 15) is 4.79 Å². The van der Waals surface area contributed by atoms with Crippen LogP contribution >= 0.6 is 15.9 Å². The van der Waals surface area contributed by atoms with Crippen LogP contribution in [0.15, 0.2) is 15.5 Å². The Morgan fingerprint density at radius 3 is 3.05 bits per heavy atom. The molecule has 1 aromatic rings. The summed E-state index contributed by atoms with van der Waals surface area (Å²) < 4.78 is 7.03. The molecule has 0 aliphatic carbocycles. The quantitative estimate of drug-likeness (QED) is 0.794. The number of nitrogens with one attached hydrogen (secondary N) is 1. The Morgan fingerprint density at radius 2 is 2.43 bits per heavy atom. The van der Waals surface area contributed by atoms with E-state index in [-0.39, 0.29) is 5.56 Å². The lowest BCUT2D eigenvalue weighted by Gasteiger charge is -2.30. The minimum Gasteiger partial charge on any atom is -0.383 e. The number of rotatable bonds is 7. The summed E-state index contributed by atoms with van der Waals surface area (Å²) in [5.74, 6) is 0. The number of hydrogen-bond donors (Lipinski definition) is 1. The third kappa shape index (κ3) is 3.84. The third-order valence-electron chi connectivity index (χ3n) is 3.72. The molecule has 0 bridgehead atoms. The van der Waals surface area contributed by atoms with E-state index in [1.165, 1.54) is 4.68 Å². The van der Waals surface area contributed by atoms with Crippen molar-refractivity contribution in [1.82, 2.24) is 15.1 Å². The predicted octanol–water partition coefficient (Wildman–Crippen LogP) is 1.23. The van der Waals surface area contributed by atoms with Gasteiger partial charge in [0.25, 0.3) is 5.56 Å². The lowest BCUT2D eigenvalue weighted by atomic mass is 10.2. The highest BCUT2D eigenvalue weighted by Crippen LogP contribution is 2.25. The Hall–Kier alpha value is -0.920. The van der Waals surface area contributed by atoms with Crippen molar-refractivity contribution in [1.29, 1.82) is 0 Å². The van der Waals surface area contributed by atoms with E-state index in [1.807, 2.05) is 0 Å². The monoisotopic (exact) mass is 358 g/mol. The predicted molar refractivity (Wildman–Crippen MR) is 87.0 cm³/mol. The van der Waals surface area contributed by atoms with Crippen LogP contribution in [0.1, 0.15) is 19.8 Å². The van der Waals surface area contributed by atoms with Gasteiger partial charge in [0.05, 0.1) is 25.0 Å². The molecule has 1 atom stereocenters. The maximum absolute atomic E-state index is 12.4. The van der Waals surface area contributed by atoms with E-state index in [0.29, 0.717) is 23.7 Å². The molecule has 1 saturated heterocycles. The fraction of sp³-hybridized carbons (Fsp3) is 0.714. The van der Waals surface area contributed by atoms with Gasteiger partial charge in [-0.15, -0.1) is 0 Å². The highest BCUT2D eigenvalue weighted by atomic mass is 79.9. The summed E-state index contributed by atoms with van der Waals surface area (Å²) >= 11 is 3.46. The average Bonchev–Trinajstić information content (AvgIpc) is 3.01. The molecule has 0 spiro atoms. The molecule has 6 nitrogen and oxygen atoms in total. The Balaban J connectivity index is 2.28. The number of ether oxygens (including phenoxy) is 1. The Kier molecular flexibility index (Phi) is 6.20. The first-order valence-electron chi connectivity index (χ1n) is 7.41. The molecular formula is C14H23BrN4O2. The van der Waals surface area contributed by atoms with Crippen molar-refractivity contribution < 1.29 is 4.74 Å². The summed E-state index contributed by atoms with van der Waals surface area (Å²) in [4.78, 5) is 14.7. The molecule has 0 amide bonds. The van der Waals surface area contributed by atoms with E-state index >= 15 is 0 Å². The highest BCUT2D eigenvalue weighted by molar-refractivity contribution is 9.10. The number of methoxy groups -OCH3 is 1. The second kappa shape index (κ2) is 7.91. The van der Waals surface area contributed by atoms with E-state index < -0.39 is 0 Å². The van der Waals surface area contributed by atoms with Crippen molar-refractivity contribution in [3.63, 3.8) is 0 Å². The molecular weight excluding hydrogens is 336 g/mol. The van der Waals surface area contributed by atoms with E-state index in [1.54, 1.807) is 13.3 Å². The molecule has 0 aromatic carbocycles. The first-order chi connectivity index (χ1) is 10.2. The second-order valence-electron chi connectivity index (χ2n) is 5.20. The Morgan fingerprint density at radius 1 is 1.62 bits per heavy atom. The molecule has 1 fully saturated rings. The fourth-order valence-corrected chi connectivity index (χ4v) is 3.17. The first-order valence-corrected chi connectivity index (χ1v) is 8.20. The van der Waals surface area contributed by atoms with Gasteiger partial charge in [-0.1, -0.05) is 6.92 Å². The van der Waals surface area contributed by atoms with Crippen molar-refractivity contribution >= 4 is 21.6 Å². The summed E-state index contributed by atoms with van der Waals surface area (Å²) in [6.45, 7) is 6.00. The van der Waals surface area contributed by atoms with Gasteiger partial charge in [-0.3, -0.25) is 4.79 Å². The zero-order chi connectivity index (χ0) is 15.2. The van der Waals surface area contributed by atoms with E-state index in [4.69, 9.17) is 4.74 Å². The molecule has 7 heteroatoms. The fourth-order valence-electron chi connectivity index (χ4n) is 2.64. The largest absolute Gasteiger partial charge is 0.383 e. The SMILES string of the molecule is CCCN(c1cnn(CCOC)c(=O)c1Br)C1CCNC1. The van der Waals surface area contributed by atoms with Crippen molar-refractivity contribution in [2.45, 2.75) is 32.4 Å². The normalized spacial score (nSPS) is 18.1. The van der Waals surface area contributed by atoms with Crippen LogP contribution in [0.2, 0.25) is 0 Å². The van der Waals surface area contributed by atoms with Gasteiger partial charge in [-0.05, 0) is 35.3 Å². The second-order valence-corrected chi connectivity index (χ2v) is 6.00. The van der Waals surface area contributed by atoms with Crippen LogP contribution in [0.4, 0.5) is 5.69 Å². The molecule has 1 N–H and O–H groups in total.